The number of nitrogen functional groups attached to an aromatic ring is 1. The van der Waals surface area contributed by atoms with Crippen LogP contribution in [0.1, 0.15) is 0 Å². The smallest absolute Gasteiger partial charge is 0.140 e. The van der Waals surface area contributed by atoms with Crippen LogP contribution in [0, 0.1) is 11.6 Å². The summed E-state index contributed by atoms with van der Waals surface area (Å²) in [5.74, 6) is -1.19. The number of hydrogen-bond acceptors (Lipinski definition) is 3. The Kier molecular flexibility index (Phi) is 3.05. The molecule has 0 amide bonds. The van der Waals surface area contributed by atoms with Crippen molar-refractivity contribution in [1.82, 2.24) is 4.98 Å². The Bertz CT molecular complexity index is 517. The van der Waals surface area contributed by atoms with Gasteiger partial charge in [-0.15, -0.1) is 0 Å². The van der Waals surface area contributed by atoms with Gasteiger partial charge >= 0.3 is 0 Å². The first-order valence-electron chi connectivity index (χ1n) is 4.49. The molecular formula is C11H8F2N2S. The minimum Gasteiger partial charge on any atom is -0.397 e. The number of benzene rings is 1. The van der Waals surface area contributed by atoms with E-state index in [0.29, 0.717) is 15.5 Å². The molecule has 2 nitrogen and oxygen atoms in total. The monoisotopic (exact) mass is 238 g/mol. The molecular weight excluding hydrogens is 230 g/mol. The van der Waals surface area contributed by atoms with Crippen molar-refractivity contribution in [1.29, 1.82) is 0 Å². The third kappa shape index (κ3) is 2.30. The van der Waals surface area contributed by atoms with Gasteiger partial charge in [-0.25, -0.2) is 8.78 Å². The van der Waals surface area contributed by atoms with Crippen molar-refractivity contribution in [3.63, 3.8) is 0 Å². The highest BCUT2D eigenvalue weighted by atomic mass is 32.2. The average Bonchev–Trinajstić information content (AvgIpc) is 2.25. The lowest BCUT2D eigenvalue weighted by Crippen LogP contribution is -1.90. The van der Waals surface area contributed by atoms with Crippen molar-refractivity contribution in [3.8, 4) is 0 Å². The van der Waals surface area contributed by atoms with E-state index in [1.54, 1.807) is 12.3 Å². The van der Waals surface area contributed by atoms with Gasteiger partial charge in [-0.2, -0.15) is 0 Å². The van der Waals surface area contributed by atoms with Crippen molar-refractivity contribution in [2.24, 2.45) is 0 Å². The van der Waals surface area contributed by atoms with Crippen LogP contribution in [0.15, 0.2) is 46.5 Å². The van der Waals surface area contributed by atoms with Gasteiger partial charge in [0.05, 0.1) is 11.9 Å². The van der Waals surface area contributed by atoms with Gasteiger partial charge in [0.1, 0.15) is 11.6 Å². The SMILES string of the molecule is Nc1cnccc1Sc1ccc(F)cc1F. The van der Waals surface area contributed by atoms with Crippen LogP contribution < -0.4 is 5.73 Å². The molecule has 2 aromatic rings. The molecule has 2 rings (SSSR count). The predicted octanol–water partition coefficient (Wildman–Crippen LogP) is 3.09. The number of nitrogens with zero attached hydrogens (tertiary/aromatic N) is 1. The molecule has 0 saturated carbocycles. The standard InChI is InChI=1S/C11H8F2N2S/c12-7-1-2-10(8(13)5-7)16-11-3-4-15-6-9(11)14/h1-6H,14H2. The highest BCUT2D eigenvalue weighted by molar-refractivity contribution is 7.99. The Hall–Kier alpha value is -1.62. The van der Waals surface area contributed by atoms with Crippen LogP contribution in [-0.2, 0) is 0 Å². The molecule has 16 heavy (non-hydrogen) atoms. The molecule has 5 heteroatoms. The van der Waals surface area contributed by atoms with Crippen LogP contribution in [-0.4, -0.2) is 4.98 Å². The van der Waals surface area contributed by atoms with Gasteiger partial charge in [-0.3, -0.25) is 4.98 Å². The Labute approximate surface area is 95.5 Å². The first kappa shape index (κ1) is 10.9. The minimum absolute atomic E-state index is 0.333. The Morgan fingerprint density at radius 2 is 1.94 bits per heavy atom. The number of hydrogen-bond donors (Lipinski definition) is 1. The van der Waals surface area contributed by atoms with Crippen LogP contribution in [0.2, 0.25) is 0 Å². The second-order valence-electron chi connectivity index (χ2n) is 3.09. The fourth-order valence-corrected chi connectivity index (χ4v) is 1.99. The summed E-state index contributed by atoms with van der Waals surface area (Å²) < 4.78 is 26.0. The third-order valence-corrected chi connectivity index (χ3v) is 3.07. The zero-order chi connectivity index (χ0) is 11.5. The van der Waals surface area contributed by atoms with Crippen molar-refractivity contribution in [2.45, 2.75) is 9.79 Å². The van der Waals surface area contributed by atoms with Crippen molar-refractivity contribution >= 4 is 17.4 Å². The molecule has 82 valence electrons. The summed E-state index contributed by atoms with van der Waals surface area (Å²) in [5.41, 5.74) is 6.14. The van der Waals surface area contributed by atoms with E-state index < -0.39 is 11.6 Å². The van der Waals surface area contributed by atoms with Gasteiger partial charge in [0.2, 0.25) is 0 Å². The number of nitrogens with two attached hydrogens (primary N) is 1. The highest BCUT2D eigenvalue weighted by Crippen LogP contribution is 2.32. The summed E-state index contributed by atoms with van der Waals surface area (Å²) in [5, 5.41) is 0. The fraction of sp³-hybridized carbons (Fsp3) is 0. The summed E-state index contributed by atoms with van der Waals surface area (Å²) in [7, 11) is 0. The van der Waals surface area contributed by atoms with E-state index in [4.69, 9.17) is 5.73 Å². The van der Waals surface area contributed by atoms with Gasteiger partial charge in [-0.05, 0) is 18.2 Å². The van der Waals surface area contributed by atoms with Crippen molar-refractivity contribution in [2.75, 3.05) is 5.73 Å². The molecule has 1 aromatic carbocycles. The van der Waals surface area contributed by atoms with Crippen LogP contribution >= 0.6 is 11.8 Å². The first-order chi connectivity index (χ1) is 7.66. The molecule has 0 spiro atoms. The average molecular weight is 238 g/mol. The lowest BCUT2D eigenvalue weighted by atomic mass is 10.3. The number of rotatable bonds is 2. The number of aromatic nitrogens is 1. The molecule has 0 atom stereocenters. The Morgan fingerprint density at radius 3 is 2.62 bits per heavy atom. The van der Waals surface area contributed by atoms with Gasteiger partial charge in [-0.1, -0.05) is 11.8 Å². The van der Waals surface area contributed by atoms with Gasteiger partial charge in [0.25, 0.3) is 0 Å². The van der Waals surface area contributed by atoms with E-state index in [9.17, 15) is 8.78 Å². The van der Waals surface area contributed by atoms with Gasteiger partial charge in [0.15, 0.2) is 0 Å². The highest BCUT2D eigenvalue weighted by Gasteiger charge is 2.07. The van der Waals surface area contributed by atoms with E-state index in [1.165, 1.54) is 18.3 Å². The summed E-state index contributed by atoms with van der Waals surface area (Å²) in [6, 6.07) is 5.13. The van der Waals surface area contributed by atoms with Gasteiger partial charge < -0.3 is 5.73 Å². The van der Waals surface area contributed by atoms with E-state index in [2.05, 4.69) is 4.98 Å². The summed E-state index contributed by atoms with van der Waals surface area (Å²) in [6.45, 7) is 0. The molecule has 0 aliphatic carbocycles. The molecule has 0 fully saturated rings. The Morgan fingerprint density at radius 1 is 1.12 bits per heavy atom. The largest absolute Gasteiger partial charge is 0.397 e. The maximum Gasteiger partial charge on any atom is 0.140 e. The van der Waals surface area contributed by atoms with Gasteiger partial charge in [0, 0.05) is 22.1 Å². The second kappa shape index (κ2) is 4.49. The normalized spacial score (nSPS) is 10.4. The first-order valence-corrected chi connectivity index (χ1v) is 5.31. The second-order valence-corrected chi connectivity index (χ2v) is 4.17. The van der Waals surface area contributed by atoms with Crippen LogP contribution in [0.25, 0.3) is 0 Å². The van der Waals surface area contributed by atoms with E-state index in [-0.39, 0.29) is 0 Å². The van der Waals surface area contributed by atoms with Crippen LogP contribution in [0.4, 0.5) is 14.5 Å². The maximum atomic E-state index is 13.4. The van der Waals surface area contributed by atoms with E-state index >= 15 is 0 Å². The number of anilines is 1. The molecule has 1 aromatic heterocycles. The molecule has 0 aliphatic rings. The topological polar surface area (TPSA) is 38.9 Å². The lowest BCUT2D eigenvalue weighted by molar-refractivity contribution is 0.566. The molecule has 0 radical (unpaired) electrons. The van der Waals surface area contributed by atoms with Crippen molar-refractivity contribution in [3.05, 3.63) is 48.3 Å². The molecule has 0 bridgehead atoms. The summed E-state index contributed by atoms with van der Waals surface area (Å²) >= 11 is 1.14. The minimum atomic E-state index is -0.596. The van der Waals surface area contributed by atoms with E-state index in [0.717, 1.165) is 17.8 Å². The lowest BCUT2D eigenvalue weighted by Gasteiger charge is -2.05. The third-order valence-electron chi connectivity index (χ3n) is 1.92. The summed E-state index contributed by atoms with van der Waals surface area (Å²) in [4.78, 5) is 4.86. The fourth-order valence-electron chi connectivity index (χ4n) is 1.16. The predicted molar refractivity (Wildman–Crippen MR) is 59.1 cm³/mol. The van der Waals surface area contributed by atoms with E-state index in [1.807, 2.05) is 0 Å². The molecule has 0 saturated heterocycles. The summed E-state index contributed by atoms with van der Waals surface area (Å²) in [6.07, 6.45) is 3.06. The zero-order valence-corrected chi connectivity index (χ0v) is 8.97. The molecule has 0 aliphatic heterocycles. The quantitative estimate of drug-likeness (QED) is 0.873. The molecule has 1 heterocycles. The van der Waals surface area contributed by atoms with Crippen LogP contribution in [0.3, 0.4) is 0 Å². The van der Waals surface area contributed by atoms with Crippen LogP contribution in [0.5, 0.6) is 0 Å². The molecule has 2 N–H and O–H groups in total. The maximum absolute atomic E-state index is 13.4. The van der Waals surface area contributed by atoms with Crippen molar-refractivity contribution < 1.29 is 8.78 Å². The zero-order valence-electron chi connectivity index (χ0n) is 8.15. The molecule has 0 unspecified atom stereocenters. The Balaban J connectivity index is 2.31. The number of halogens is 2. The number of pyridine rings is 1.